The summed E-state index contributed by atoms with van der Waals surface area (Å²) in [7, 11) is 0. The molecule has 2 aromatic heterocycles. The second-order valence-electron chi connectivity index (χ2n) is 4.44. The fraction of sp³-hybridized carbons (Fsp3) is 0.500. The first-order valence-corrected chi connectivity index (χ1v) is 7.09. The highest BCUT2D eigenvalue weighted by Crippen LogP contribution is 2.20. The normalized spacial score (nSPS) is 20.8. The van der Waals surface area contributed by atoms with E-state index in [4.69, 9.17) is 14.4 Å². The van der Waals surface area contributed by atoms with E-state index < -0.39 is 0 Å². The number of aliphatic hydroxyl groups excluding tert-OH is 1. The molecule has 7 heteroatoms. The lowest BCUT2D eigenvalue weighted by molar-refractivity contribution is -0.0558. The summed E-state index contributed by atoms with van der Waals surface area (Å²) >= 11 is 1.60. The predicted octanol–water partition coefficient (Wildman–Crippen LogP) is 0.991. The van der Waals surface area contributed by atoms with E-state index in [-0.39, 0.29) is 12.7 Å². The Hall–Kier alpha value is -1.28. The molecule has 0 aromatic carbocycles. The fourth-order valence-electron chi connectivity index (χ4n) is 2.06. The molecule has 0 radical (unpaired) electrons. The highest BCUT2D eigenvalue weighted by Gasteiger charge is 2.21. The molecule has 1 saturated heterocycles. The lowest BCUT2D eigenvalue weighted by atomic mass is 10.3. The molecule has 0 spiro atoms. The molecule has 102 valence electrons. The van der Waals surface area contributed by atoms with Crippen LogP contribution < -0.4 is 0 Å². The van der Waals surface area contributed by atoms with Gasteiger partial charge in [-0.05, 0) is 11.4 Å². The van der Waals surface area contributed by atoms with E-state index in [2.05, 4.69) is 15.0 Å². The summed E-state index contributed by atoms with van der Waals surface area (Å²) < 4.78 is 10.6. The van der Waals surface area contributed by atoms with Gasteiger partial charge in [0, 0.05) is 18.5 Å². The molecule has 0 saturated carbocycles. The molecule has 1 aliphatic heterocycles. The van der Waals surface area contributed by atoms with Gasteiger partial charge < -0.3 is 14.4 Å². The van der Waals surface area contributed by atoms with Crippen LogP contribution in [0.15, 0.2) is 21.3 Å². The van der Waals surface area contributed by atoms with E-state index in [1.807, 2.05) is 16.8 Å². The third-order valence-corrected chi connectivity index (χ3v) is 3.71. The van der Waals surface area contributed by atoms with Gasteiger partial charge in [0.2, 0.25) is 0 Å². The molecule has 3 rings (SSSR count). The zero-order valence-electron chi connectivity index (χ0n) is 10.4. The summed E-state index contributed by atoms with van der Waals surface area (Å²) in [5, 5.41) is 17.1. The number of aromatic nitrogens is 2. The van der Waals surface area contributed by atoms with Crippen molar-refractivity contribution in [3.63, 3.8) is 0 Å². The van der Waals surface area contributed by atoms with Gasteiger partial charge in [-0.3, -0.25) is 4.90 Å². The van der Waals surface area contributed by atoms with Crippen LogP contribution in [-0.2, 0) is 11.3 Å². The van der Waals surface area contributed by atoms with Gasteiger partial charge in [0.25, 0.3) is 5.89 Å². The second kappa shape index (κ2) is 5.79. The molecule has 0 bridgehead atoms. The Morgan fingerprint density at radius 1 is 1.53 bits per heavy atom. The van der Waals surface area contributed by atoms with Crippen molar-refractivity contribution < 1.29 is 14.4 Å². The summed E-state index contributed by atoms with van der Waals surface area (Å²) in [6.07, 6.45) is -0.114. The monoisotopic (exact) mass is 281 g/mol. The molecule has 1 unspecified atom stereocenters. The standard InChI is InChI=1S/C12H15N3O3S/c16-7-10-5-15(2-3-17-10)6-11-13-12(18-14-11)9-1-4-19-8-9/h1,4,8,10,16H,2-3,5-7H2. The van der Waals surface area contributed by atoms with Gasteiger partial charge in [-0.2, -0.15) is 16.3 Å². The molecule has 19 heavy (non-hydrogen) atoms. The quantitative estimate of drug-likeness (QED) is 0.901. The SMILES string of the molecule is OCC1CN(Cc2noc(-c3ccsc3)n2)CCO1. The maximum atomic E-state index is 9.10. The van der Waals surface area contributed by atoms with Gasteiger partial charge >= 0.3 is 0 Å². The van der Waals surface area contributed by atoms with E-state index in [1.54, 1.807) is 11.3 Å². The van der Waals surface area contributed by atoms with E-state index in [1.165, 1.54) is 0 Å². The van der Waals surface area contributed by atoms with Gasteiger partial charge in [0.05, 0.1) is 31.4 Å². The van der Waals surface area contributed by atoms with Gasteiger partial charge in [0.15, 0.2) is 5.82 Å². The first kappa shape index (κ1) is 12.7. The molecule has 0 amide bonds. The zero-order chi connectivity index (χ0) is 13.1. The highest BCUT2D eigenvalue weighted by atomic mass is 32.1. The number of aliphatic hydroxyl groups is 1. The van der Waals surface area contributed by atoms with Crippen molar-refractivity contribution in [1.82, 2.24) is 15.0 Å². The van der Waals surface area contributed by atoms with Crippen molar-refractivity contribution in [2.45, 2.75) is 12.6 Å². The van der Waals surface area contributed by atoms with E-state index in [0.29, 0.717) is 31.4 Å². The average Bonchev–Trinajstić information content (AvgIpc) is 3.09. The van der Waals surface area contributed by atoms with Crippen molar-refractivity contribution in [3.05, 3.63) is 22.7 Å². The summed E-state index contributed by atoms with van der Waals surface area (Å²) in [6, 6.07) is 1.96. The lowest BCUT2D eigenvalue weighted by Crippen LogP contribution is -2.43. The van der Waals surface area contributed by atoms with Crippen LogP contribution in [0.1, 0.15) is 5.82 Å². The molecule has 1 atom stereocenters. The lowest BCUT2D eigenvalue weighted by Gasteiger charge is -2.30. The number of morpholine rings is 1. The van der Waals surface area contributed by atoms with Gasteiger partial charge in [-0.15, -0.1) is 0 Å². The molecule has 1 aliphatic rings. The van der Waals surface area contributed by atoms with E-state index in [0.717, 1.165) is 12.1 Å². The van der Waals surface area contributed by atoms with Gasteiger partial charge in [-0.1, -0.05) is 5.16 Å². The Kier molecular flexibility index (Phi) is 3.88. The average molecular weight is 281 g/mol. The molecule has 3 heterocycles. The molecule has 6 nitrogen and oxygen atoms in total. The van der Waals surface area contributed by atoms with Crippen LogP contribution >= 0.6 is 11.3 Å². The Balaban J connectivity index is 1.64. The summed E-state index contributed by atoms with van der Waals surface area (Å²) in [4.78, 5) is 6.54. The number of ether oxygens (including phenoxy) is 1. The number of thiophene rings is 1. The summed E-state index contributed by atoms with van der Waals surface area (Å²) in [5.41, 5.74) is 0.957. The molecular weight excluding hydrogens is 266 g/mol. The van der Waals surface area contributed by atoms with E-state index in [9.17, 15) is 0 Å². The number of hydrogen-bond acceptors (Lipinski definition) is 7. The maximum absolute atomic E-state index is 9.10. The van der Waals surface area contributed by atoms with Crippen LogP contribution in [0, 0.1) is 0 Å². The Morgan fingerprint density at radius 2 is 2.47 bits per heavy atom. The largest absolute Gasteiger partial charge is 0.394 e. The topological polar surface area (TPSA) is 71.6 Å². The minimum Gasteiger partial charge on any atom is -0.394 e. The van der Waals surface area contributed by atoms with E-state index >= 15 is 0 Å². The first-order valence-electron chi connectivity index (χ1n) is 6.15. The van der Waals surface area contributed by atoms with Crippen molar-refractivity contribution in [2.24, 2.45) is 0 Å². The maximum Gasteiger partial charge on any atom is 0.258 e. The first-order chi connectivity index (χ1) is 9.35. The van der Waals surface area contributed by atoms with Crippen LogP contribution in [0.5, 0.6) is 0 Å². The molecule has 1 fully saturated rings. The van der Waals surface area contributed by atoms with Crippen LogP contribution in [0.2, 0.25) is 0 Å². The van der Waals surface area contributed by atoms with Crippen molar-refractivity contribution >= 4 is 11.3 Å². The molecule has 2 aromatic rings. The van der Waals surface area contributed by atoms with Crippen LogP contribution in [0.4, 0.5) is 0 Å². The molecular formula is C12H15N3O3S. The molecule has 0 aliphatic carbocycles. The minimum absolute atomic E-state index is 0.0445. The third-order valence-electron chi connectivity index (χ3n) is 3.03. The summed E-state index contributed by atoms with van der Waals surface area (Å²) in [6.45, 7) is 2.80. The van der Waals surface area contributed by atoms with Gasteiger partial charge in [0.1, 0.15) is 0 Å². The number of rotatable bonds is 4. The summed E-state index contributed by atoms with van der Waals surface area (Å²) in [5.74, 6) is 1.23. The van der Waals surface area contributed by atoms with Crippen molar-refractivity contribution in [2.75, 3.05) is 26.3 Å². The smallest absolute Gasteiger partial charge is 0.258 e. The zero-order valence-corrected chi connectivity index (χ0v) is 11.2. The fourth-order valence-corrected chi connectivity index (χ4v) is 2.69. The minimum atomic E-state index is -0.114. The van der Waals surface area contributed by atoms with Crippen molar-refractivity contribution in [3.8, 4) is 11.5 Å². The van der Waals surface area contributed by atoms with Gasteiger partial charge in [-0.25, -0.2) is 0 Å². The Labute approximate surface area is 114 Å². The number of hydrogen-bond donors (Lipinski definition) is 1. The van der Waals surface area contributed by atoms with Crippen LogP contribution in [-0.4, -0.2) is 52.6 Å². The number of nitrogens with zero attached hydrogens (tertiary/aromatic N) is 3. The Bertz CT molecular complexity index is 514. The van der Waals surface area contributed by atoms with Crippen LogP contribution in [0.3, 0.4) is 0 Å². The van der Waals surface area contributed by atoms with Crippen molar-refractivity contribution in [1.29, 1.82) is 0 Å². The highest BCUT2D eigenvalue weighted by molar-refractivity contribution is 7.08. The van der Waals surface area contributed by atoms with Crippen LogP contribution in [0.25, 0.3) is 11.5 Å². The predicted molar refractivity (Wildman–Crippen MR) is 69.7 cm³/mol. The second-order valence-corrected chi connectivity index (χ2v) is 5.22. The third kappa shape index (κ3) is 3.01. The molecule has 1 N–H and O–H groups in total. The Morgan fingerprint density at radius 3 is 3.26 bits per heavy atom.